The summed E-state index contributed by atoms with van der Waals surface area (Å²) < 4.78 is 42.2. The van der Waals surface area contributed by atoms with Gasteiger partial charge in [-0.05, 0) is 19.3 Å². The van der Waals surface area contributed by atoms with Crippen molar-refractivity contribution in [3.63, 3.8) is 0 Å². The monoisotopic (exact) mass is 472 g/mol. The molecule has 0 radical (unpaired) electrons. The molecule has 5 nitrogen and oxygen atoms in total. The fraction of sp³-hybridized carbons (Fsp3) is 1.00. The van der Waals surface area contributed by atoms with Crippen molar-refractivity contribution in [3.8, 4) is 0 Å². The van der Waals surface area contributed by atoms with Crippen molar-refractivity contribution in [3.05, 3.63) is 0 Å². The maximum atomic E-state index is 10.4. The largest absolute Gasteiger partial charge is 1.00 e. The van der Waals surface area contributed by atoms with Crippen molar-refractivity contribution in [2.75, 3.05) is 32.2 Å². The van der Waals surface area contributed by atoms with E-state index in [4.69, 9.17) is 9.47 Å². The van der Waals surface area contributed by atoms with E-state index in [2.05, 4.69) is 6.92 Å². The molecule has 0 N–H and O–H groups in total. The molecule has 0 aromatic carbocycles. The van der Waals surface area contributed by atoms with Crippen LogP contribution < -0.4 is 29.6 Å². The second kappa shape index (κ2) is 27.1. The molecule has 0 saturated carbocycles. The van der Waals surface area contributed by atoms with E-state index in [0.29, 0.717) is 32.7 Å². The molecule has 0 aliphatic heterocycles. The smallest absolute Gasteiger partial charge is 0.748 e. The average Bonchev–Trinajstić information content (AvgIpc) is 2.70. The molecule has 0 fully saturated rings. The van der Waals surface area contributed by atoms with Crippen LogP contribution in [0, 0.1) is 0 Å². The first kappa shape index (κ1) is 34.0. The van der Waals surface area contributed by atoms with Crippen LogP contribution in [0.3, 0.4) is 0 Å². The summed E-state index contributed by atoms with van der Waals surface area (Å²) in [6.45, 7) is 4.66. The molecule has 0 atom stereocenters. The van der Waals surface area contributed by atoms with Gasteiger partial charge in [-0.3, -0.25) is 0 Å². The fourth-order valence-electron chi connectivity index (χ4n) is 3.56. The zero-order valence-corrected chi connectivity index (χ0v) is 23.5. The zero-order chi connectivity index (χ0) is 22.2. The third kappa shape index (κ3) is 33.1. The second-order valence-electron chi connectivity index (χ2n) is 8.50. The molecular formula is C24H49NaO5S. The normalized spacial score (nSPS) is 11.5. The topological polar surface area (TPSA) is 75.7 Å². The van der Waals surface area contributed by atoms with Crippen molar-refractivity contribution in [1.82, 2.24) is 0 Å². The van der Waals surface area contributed by atoms with E-state index in [1.807, 2.05) is 0 Å². The van der Waals surface area contributed by atoms with Crippen LogP contribution in [0.5, 0.6) is 0 Å². The third-order valence-electron chi connectivity index (χ3n) is 5.45. The molecule has 0 saturated heterocycles. The van der Waals surface area contributed by atoms with Gasteiger partial charge < -0.3 is 14.0 Å². The molecule has 0 aliphatic rings. The van der Waals surface area contributed by atoms with E-state index < -0.39 is 10.1 Å². The van der Waals surface area contributed by atoms with Gasteiger partial charge in [-0.2, -0.15) is 0 Å². The molecule has 0 aromatic rings. The Hall–Kier alpha value is 0.830. The predicted octanol–water partition coefficient (Wildman–Crippen LogP) is 3.61. The summed E-state index contributed by atoms with van der Waals surface area (Å²) in [5.74, 6) is -0.299. The van der Waals surface area contributed by atoms with Gasteiger partial charge in [0.05, 0.1) is 23.3 Å². The minimum atomic E-state index is -4.08. The van der Waals surface area contributed by atoms with Crippen molar-refractivity contribution in [1.29, 1.82) is 0 Å². The summed E-state index contributed by atoms with van der Waals surface area (Å²) in [5.41, 5.74) is 0. The van der Waals surface area contributed by atoms with E-state index in [0.717, 1.165) is 13.0 Å². The first-order valence-electron chi connectivity index (χ1n) is 12.7. The molecule has 0 rings (SSSR count). The Bertz CT molecular complexity index is 432. The van der Waals surface area contributed by atoms with E-state index in [1.165, 1.54) is 96.3 Å². The van der Waals surface area contributed by atoms with Crippen molar-refractivity contribution >= 4 is 10.1 Å². The summed E-state index contributed by atoms with van der Waals surface area (Å²) in [4.78, 5) is 0. The Kier molecular flexibility index (Phi) is 29.7. The third-order valence-corrected chi connectivity index (χ3v) is 6.24. The van der Waals surface area contributed by atoms with Gasteiger partial charge in [0.2, 0.25) is 0 Å². The Labute approximate surface area is 215 Å². The minimum Gasteiger partial charge on any atom is -0.748 e. The van der Waals surface area contributed by atoms with E-state index in [9.17, 15) is 13.0 Å². The van der Waals surface area contributed by atoms with Crippen molar-refractivity contribution in [2.45, 2.75) is 122 Å². The summed E-state index contributed by atoms with van der Waals surface area (Å²) in [6.07, 6.45) is 22.9. The molecule has 0 spiro atoms. The maximum Gasteiger partial charge on any atom is 1.00 e. The van der Waals surface area contributed by atoms with Crippen LogP contribution in [0.15, 0.2) is 0 Å². The van der Waals surface area contributed by atoms with Gasteiger partial charge in [-0.1, -0.05) is 103 Å². The molecule has 7 heteroatoms. The van der Waals surface area contributed by atoms with Crippen molar-refractivity contribution < 1.29 is 52.0 Å². The summed E-state index contributed by atoms with van der Waals surface area (Å²) in [6, 6.07) is 0. The van der Waals surface area contributed by atoms with Gasteiger partial charge in [0.1, 0.15) is 0 Å². The molecule has 182 valence electrons. The SMILES string of the molecule is CCCCCCCCCCCCCCCCCCOCCOCCCCS(=O)(=O)[O-].[Na+]. The van der Waals surface area contributed by atoms with Gasteiger partial charge in [0.25, 0.3) is 0 Å². The molecule has 0 heterocycles. The number of hydrogen-bond donors (Lipinski definition) is 0. The first-order valence-corrected chi connectivity index (χ1v) is 14.2. The Morgan fingerprint density at radius 1 is 0.516 bits per heavy atom. The van der Waals surface area contributed by atoms with Gasteiger partial charge in [-0.25, -0.2) is 8.42 Å². The molecule has 31 heavy (non-hydrogen) atoms. The van der Waals surface area contributed by atoms with Gasteiger partial charge >= 0.3 is 29.6 Å². The van der Waals surface area contributed by atoms with Crippen LogP contribution >= 0.6 is 0 Å². The molecule has 0 unspecified atom stereocenters. The number of ether oxygens (including phenoxy) is 2. The van der Waals surface area contributed by atoms with Crippen molar-refractivity contribution in [2.24, 2.45) is 0 Å². The van der Waals surface area contributed by atoms with E-state index in [1.54, 1.807) is 0 Å². The fourth-order valence-corrected chi connectivity index (χ4v) is 4.11. The molecule has 0 amide bonds. The summed E-state index contributed by atoms with van der Waals surface area (Å²) in [5, 5.41) is 0. The van der Waals surface area contributed by atoms with Gasteiger partial charge in [0, 0.05) is 19.0 Å². The average molecular weight is 473 g/mol. The first-order chi connectivity index (χ1) is 14.6. The van der Waals surface area contributed by atoms with Gasteiger partial charge in [0.15, 0.2) is 0 Å². The molecule has 0 aromatic heterocycles. The predicted molar refractivity (Wildman–Crippen MR) is 125 cm³/mol. The van der Waals surface area contributed by atoms with Crippen LogP contribution in [-0.4, -0.2) is 45.2 Å². The number of unbranched alkanes of at least 4 members (excludes halogenated alkanes) is 16. The van der Waals surface area contributed by atoms with Crippen LogP contribution in [0.1, 0.15) is 122 Å². The molecule has 0 bridgehead atoms. The Balaban J connectivity index is 0. The van der Waals surface area contributed by atoms with Crippen LogP contribution in [0.4, 0.5) is 0 Å². The minimum absolute atomic E-state index is 0. The van der Waals surface area contributed by atoms with E-state index in [-0.39, 0.29) is 35.3 Å². The maximum absolute atomic E-state index is 10.4. The van der Waals surface area contributed by atoms with Crippen LogP contribution in [0.2, 0.25) is 0 Å². The number of rotatable bonds is 25. The zero-order valence-electron chi connectivity index (χ0n) is 20.7. The van der Waals surface area contributed by atoms with E-state index >= 15 is 0 Å². The second-order valence-corrected chi connectivity index (χ2v) is 10.0. The van der Waals surface area contributed by atoms with Crippen LogP contribution in [0.25, 0.3) is 0 Å². The van der Waals surface area contributed by atoms with Gasteiger partial charge in [-0.15, -0.1) is 0 Å². The number of hydrogen-bond acceptors (Lipinski definition) is 5. The quantitative estimate of drug-likeness (QED) is 0.115. The summed E-state index contributed by atoms with van der Waals surface area (Å²) >= 11 is 0. The summed E-state index contributed by atoms with van der Waals surface area (Å²) in [7, 11) is -4.08. The standard InChI is InChI=1S/C24H50O5S.Na/c1-2-3-4-5-6-7-8-9-10-11-12-13-14-15-16-17-20-28-22-23-29-21-18-19-24-30(25,26)27;/h2-24H2,1H3,(H,25,26,27);/q;+1/p-1. The molecule has 0 aliphatic carbocycles. The Morgan fingerprint density at radius 3 is 1.19 bits per heavy atom. The molecular weight excluding hydrogens is 423 g/mol. The Morgan fingerprint density at radius 2 is 0.839 bits per heavy atom. The van der Waals surface area contributed by atoms with Crippen LogP contribution in [-0.2, 0) is 19.6 Å².